The second-order valence-corrected chi connectivity index (χ2v) is 5.92. The third-order valence-electron chi connectivity index (χ3n) is 3.84. The molecule has 122 valence electrons. The molecule has 0 aliphatic carbocycles. The average Bonchev–Trinajstić information content (AvgIpc) is 2.54. The molecule has 1 aliphatic heterocycles. The number of anilines is 1. The lowest BCUT2D eigenvalue weighted by Gasteiger charge is -2.41. The number of esters is 1. The van der Waals surface area contributed by atoms with Gasteiger partial charge in [-0.1, -0.05) is 0 Å². The first-order valence-electron chi connectivity index (χ1n) is 7.73. The molecule has 22 heavy (non-hydrogen) atoms. The molecule has 1 saturated heterocycles. The Hall–Kier alpha value is -1.66. The summed E-state index contributed by atoms with van der Waals surface area (Å²) in [6.45, 7) is 10.8. The molecule has 1 aliphatic rings. The fourth-order valence-electron chi connectivity index (χ4n) is 2.42. The van der Waals surface area contributed by atoms with Gasteiger partial charge in [0.1, 0.15) is 5.82 Å². The van der Waals surface area contributed by atoms with Gasteiger partial charge in [0.25, 0.3) is 0 Å². The molecule has 0 radical (unpaired) electrons. The van der Waals surface area contributed by atoms with Crippen molar-refractivity contribution in [3.63, 3.8) is 0 Å². The van der Waals surface area contributed by atoms with Gasteiger partial charge in [-0.2, -0.15) is 0 Å². The van der Waals surface area contributed by atoms with Crippen LogP contribution in [0.25, 0.3) is 0 Å². The molecule has 2 heterocycles. The van der Waals surface area contributed by atoms with Gasteiger partial charge < -0.3 is 14.8 Å². The lowest BCUT2D eigenvalue weighted by Crippen LogP contribution is -2.53. The van der Waals surface area contributed by atoms with Gasteiger partial charge in [-0.15, -0.1) is 0 Å². The standard InChI is InChI=1S/C16H25N3O3/c1-4-22-15(20)13-5-6-14(17-11-13)18-12-16(2,3)19-7-9-21-10-8-19/h5-6,11H,4,7-10,12H2,1-3H3,(H,17,18). The van der Waals surface area contributed by atoms with Gasteiger partial charge >= 0.3 is 5.97 Å². The zero-order chi connectivity index (χ0) is 16.0. The molecular weight excluding hydrogens is 282 g/mol. The van der Waals surface area contributed by atoms with E-state index in [0.717, 1.165) is 38.7 Å². The van der Waals surface area contributed by atoms with Gasteiger partial charge in [0.05, 0.1) is 25.4 Å². The van der Waals surface area contributed by atoms with E-state index in [1.807, 2.05) is 6.07 Å². The maximum atomic E-state index is 11.6. The van der Waals surface area contributed by atoms with Crippen molar-refractivity contribution in [3.05, 3.63) is 23.9 Å². The summed E-state index contributed by atoms with van der Waals surface area (Å²) in [5.74, 6) is 0.421. The van der Waals surface area contributed by atoms with E-state index in [9.17, 15) is 4.79 Å². The van der Waals surface area contributed by atoms with Crippen LogP contribution >= 0.6 is 0 Å². The zero-order valence-electron chi connectivity index (χ0n) is 13.6. The predicted octanol–water partition coefficient (Wildman–Crippen LogP) is 1.78. The summed E-state index contributed by atoms with van der Waals surface area (Å²) in [5.41, 5.74) is 0.491. The number of rotatable bonds is 6. The smallest absolute Gasteiger partial charge is 0.339 e. The number of hydrogen-bond acceptors (Lipinski definition) is 6. The third-order valence-corrected chi connectivity index (χ3v) is 3.84. The van der Waals surface area contributed by atoms with Crippen molar-refractivity contribution >= 4 is 11.8 Å². The lowest BCUT2D eigenvalue weighted by molar-refractivity contribution is -0.00570. The number of ether oxygens (including phenoxy) is 2. The van der Waals surface area contributed by atoms with E-state index in [4.69, 9.17) is 9.47 Å². The summed E-state index contributed by atoms with van der Waals surface area (Å²) >= 11 is 0. The fourth-order valence-corrected chi connectivity index (χ4v) is 2.42. The summed E-state index contributed by atoms with van der Waals surface area (Å²) in [6, 6.07) is 3.54. The minimum atomic E-state index is -0.338. The third kappa shape index (κ3) is 4.42. The van der Waals surface area contributed by atoms with Crippen molar-refractivity contribution in [2.75, 3.05) is 44.8 Å². The normalized spacial score (nSPS) is 16.3. The highest BCUT2D eigenvalue weighted by molar-refractivity contribution is 5.89. The Labute approximate surface area is 131 Å². The molecule has 1 N–H and O–H groups in total. The molecule has 2 rings (SSSR count). The van der Waals surface area contributed by atoms with Crippen LogP contribution in [0.3, 0.4) is 0 Å². The van der Waals surface area contributed by atoms with Crippen LogP contribution in [0.4, 0.5) is 5.82 Å². The van der Waals surface area contributed by atoms with Crippen LogP contribution < -0.4 is 5.32 Å². The Morgan fingerprint density at radius 2 is 2.14 bits per heavy atom. The Morgan fingerprint density at radius 3 is 2.73 bits per heavy atom. The predicted molar refractivity (Wildman–Crippen MR) is 85.2 cm³/mol. The topological polar surface area (TPSA) is 63.7 Å². The van der Waals surface area contributed by atoms with E-state index in [1.54, 1.807) is 19.2 Å². The molecular formula is C16H25N3O3. The molecule has 0 amide bonds. The summed E-state index contributed by atoms with van der Waals surface area (Å²) < 4.78 is 10.3. The highest BCUT2D eigenvalue weighted by Gasteiger charge is 2.28. The van der Waals surface area contributed by atoms with Crippen molar-refractivity contribution < 1.29 is 14.3 Å². The van der Waals surface area contributed by atoms with Crippen LogP contribution in [0.5, 0.6) is 0 Å². The average molecular weight is 307 g/mol. The Bertz CT molecular complexity index is 482. The van der Waals surface area contributed by atoms with E-state index in [1.165, 1.54) is 0 Å². The minimum absolute atomic E-state index is 0.0191. The van der Waals surface area contributed by atoms with E-state index >= 15 is 0 Å². The first-order valence-corrected chi connectivity index (χ1v) is 7.73. The van der Waals surface area contributed by atoms with Crippen LogP contribution in [-0.2, 0) is 9.47 Å². The summed E-state index contributed by atoms with van der Waals surface area (Å²) in [5, 5.41) is 3.33. The zero-order valence-corrected chi connectivity index (χ0v) is 13.6. The summed E-state index contributed by atoms with van der Waals surface area (Å²) in [4.78, 5) is 18.3. The van der Waals surface area contributed by atoms with Crippen molar-refractivity contribution in [1.29, 1.82) is 0 Å². The van der Waals surface area contributed by atoms with Gasteiger partial charge in [0.15, 0.2) is 0 Å². The molecule has 6 heteroatoms. The molecule has 0 atom stereocenters. The van der Waals surface area contributed by atoms with Crippen LogP contribution in [0.15, 0.2) is 18.3 Å². The van der Waals surface area contributed by atoms with Gasteiger partial charge in [-0.3, -0.25) is 4.90 Å². The van der Waals surface area contributed by atoms with E-state index < -0.39 is 0 Å². The largest absolute Gasteiger partial charge is 0.462 e. The Morgan fingerprint density at radius 1 is 1.41 bits per heavy atom. The van der Waals surface area contributed by atoms with Crippen molar-refractivity contribution in [2.24, 2.45) is 0 Å². The van der Waals surface area contributed by atoms with Crippen LogP contribution in [-0.4, -0.2) is 60.8 Å². The number of morpholine rings is 1. The maximum absolute atomic E-state index is 11.6. The monoisotopic (exact) mass is 307 g/mol. The number of nitrogens with one attached hydrogen (secondary N) is 1. The van der Waals surface area contributed by atoms with Crippen LogP contribution in [0.1, 0.15) is 31.1 Å². The second-order valence-electron chi connectivity index (χ2n) is 5.92. The Balaban J connectivity index is 1.89. The highest BCUT2D eigenvalue weighted by Crippen LogP contribution is 2.17. The van der Waals surface area contributed by atoms with E-state index in [0.29, 0.717) is 12.2 Å². The molecule has 1 fully saturated rings. The number of hydrogen-bond donors (Lipinski definition) is 1. The molecule has 0 spiro atoms. The van der Waals surface area contributed by atoms with Crippen LogP contribution in [0, 0.1) is 0 Å². The number of carbonyl (C=O) groups is 1. The van der Waals surface area contributed by atoms with Crippen LogP contribution in [0.2, 0.25) is 0 Å². The van der Waals surface area contributed by atoms with Gasteiger partial charge in [0.2, 0.25) is 0 Å². The molecule has 6 nitrogen and oxygen atoms in total. The molecule has 0 unspecified atom stereocenters. The number of nitrogens with zero attached hydrogens (tertiary/aromatic N) is 2. The maximum Gasteiger partial charge on any atom is 0.339 e. The number of aromatic nitrogens is 1. The molecule has 0 aromatic carbocycles. The first kappa shape index (κ1) is 16.7. The lowest BCUT2D eigenvalue weighted by atomic mass is 10.0. The SMILES string of the molecule is CCOC(=O)c1ccc(NCC(C)(C)N2CCOCC2)nc1. The van der Waals surface area contributed by atoms with E-state index in [2.05, 4.69) is 29.0 Å². The fraction of sp³-hybridized carbons (Fsp3) is 0.625. The highest BCUT2D eigenvalue weighted by atomic mass is 16.5. The van der Waals surface area contributed by atoms with Crippen molar-refractivity contribution in [2.45, 2.75) is 26.3 Å². The minimum Gasteiger partial charge on any atom is -0.462 e. The first-order chi connectivity index (χ1) is 10.5. The number of pyridine rings is 1. The number of carbonyl (C=O) groups excluding carboxylic acids is 1. The Kier molecular flexibility index (Phi) is 5.74. The molecule has 0 bridgehead atoms. The molecule has 1 aromatic rings. The van der Waals surface area contributed by atoms with Gasteiger partial charge in [0, 0.05) is 31.4 Å². The van der Waals surface area contributed by atoms with Gasteiger partial charge in [-0.05, 0) is 32.9 Å². The summed E-state index contributed by atoms with van der Waals surface area (Å²) in [6.07, 6.45) is 1.54. The molecule has 0 saturated carbocycles. The summed E-state index contributed by atoms with van der Waals surface area (Å²) in [7, 11) is 0. The van der Waals surface area contributed by atoms with Gasteiger partial charge in [-0.25, -0.2) is 9.78 Å². The van der Waals surface area contributed by atoms with Crippen molar-refractivity contribution in [1.82, 2.24) is 9.88 Å². The quantitative estimate of drug-likeness (QED) is 0.808. The van der Waals surface area contributed by atoms with Crippen molar-refractivity contribution in [3.8, 4) is 0 Å². The second kappa shape index (κ2) is 7.56. The van der Waals surface area contributed by atoms with E-state index in [-0.39, 0.29) is 11.5 Å². The molecule has 1 aromatic heterocycles.